The molecule has 3 rings (SSSR count). The van der Waals surface area contributed by atoms with Crippen LogP contribution in [0.4, 0.5) is 4.39 Å². The standard InChI is InChI=1S/C12H13FO3/c13-9-7-11-10(15-4-1-5-16-11)6-8(9)12(14)2-3-12/h6-7,14H,1-5H2. The minimum absolute atomic E-state index is 0.330. The van der Waals surface area contributed by atoms with Crippen molar-refractivity contribution in [3.05, 3.63) is 23.5 Å². The summed E-state index contributed by atoms with van der Waals surface area (Å²) < 4.78 is 24.6. The Morgan fingerprint density at radius 3 is 2.38 bits per heavy atom. The van der Waals surface area contributed by atoms with Crippen molar-refractivity contribution in [2.75, 3.05) is 13.2 Å². The fourth-order valence-corrected chi connectivity index (χ4v) is 1.93. The van der Waals surface area contributed by atoms with Crippen LogP contribution in [0, 0.1) is 5.82 Å². The van der Waals surface area contributed by atoms with Gasteiger partial charge in [-0.1, -0.05) is 0 Å². The molecule has 0 spiro atoms. The first-order valence-electron chi connectivity index (χ1n) is 5.51. The molecule has 0 atom stereocenters. The van der Waals surface area contributed by atoms with Gasteiger partial charge < -0.3 is 14.6 Å². The molecule has 1 aliphatic carbocycles. The molecular weight excluding hydrogens is 211 g/mol. The van der Waals surface area contributed by atoms with Gasteiger partial charge in [-0.15, -0.1) is 0 Å². The van der Waals surface area contributed by atoms with Crippen LogP contribution in [0.2, 0.25) is 0 Å². The zero-order valence-electron chi connectivity index (χ0n) is 8.83. The summed E-state index contributed by atoms with van der Waals surface area (Å²) in [5.41, 5.74) is -0.647. The maximum atomic E-state index is 13.8. The van der Waals surface area contributed by atoms with Gasteiger partial charge in [-0.2, -0.15) is 0 Å². The largest absolute Gasteiger partial charge is 0.490 e. The molecule has 86 valence electrons. The highest BCUT2D eigenvalue weighted by Crippen LogP contribution is 2.48. The van der Waals surface area contributed by atoms with Gasteiger partial charge in [0.2, 0.25) is 0 Å². The van der Waals surface area contributed by atoms with Crippen molar-refractivity contribution in [3.8, 4) is 11.5 Å². The minimum atomic E-state index is -0.977. The maximum absolute atomic E-state index is 13.8. The summed E-state index contributed by atoms with van der Waals surface area (Å²) in [5, 5.41) is 9.92. The van der Waals surface area contributed by atoms with E-state index in [1.165, 1.54) is 6.07 Å². The maximum Gasteiger partial charge on any atom is 0.164 e. The highest BCUT2D eigenvalue weighted by molar-refractivity contribution is 5.47. The van der Waals surface area contributed by atoms with Gasteiger partial charge in [0.25, 0.3) is 0 Å². The van der Waals surface area contributed by atoms with E-state index in [1.54, 1.807) is 6.07 Å². The van der Waals surface area contributed by atoms with Crippen molar-refractivity contribution >= 4 is 0 Å². The van der Waals surface area contributed by atoms with E-state index >= 15 is 0 Å². The van der Waals surface area contributed by atoms with E-state index < -0.39 is 11.4 Å². The number of halogens is 1. The van der Waals surface area contributed by atoms with Crippen LogP contribution < -0.4 is 9.47 Å². The molecule has 2 aliphatic rings. The molecule has 0 radical (unpaired) electrons. The van der Waals surface area contributed by atoms with Crippen LogP contribution in [0.1, 0.15) is 24.8 Å². The predicted octanol–water partition coefficient (Wildman–Crippen LogP) is 1.97. The van der Waals surface area contributed by atoms with Crippen LogP contribution in [0.5, 0.6) is 11.5 Å². The van der Waals surface area contributed by atoms with Crippen molar-refractivity contribution in [1.82, 2.24) is 0 Å². The van der Waals surface area contributed by atoms with Crippen LogP contribution in [0.3, 0.4) is 0 Å². The third-order valence-electron chi connectivity index (χ3n) is 3.06. The highest BCUT2D eigenvalue weighted by Gasteiger charge is 2.44. The van der Waals surface area contributed by atoms with Gasteiger partial charge in [0.15, 0.2) is 11.5 Å². The Hall–Kier alpha value is -1.29. The van der Waals surface area contributed by atoms with Gasteiger partial charge in [0, 0.05) is 18.1 Å². The van der Waals surface area contributed by atoms with Crippen LogP contribution in [0.25, 0.3) is 0 Å². The summed E-state index contributed by atoms with van der Waals surface area (Å²) in [6.07, 6.45) is 2.02. The van der Waals surface area contributed by atoms with Crippen molar-refractivity contribution in [2.45, 2.75) is 24.9 Å². The monoisotopic (exact) mass is 224 g/mol. The Labute approximate surface area is 92.8 Å². The third-order valence-corrected chi connectivity index (χ3v) is 3.06. The zero-order valence-corrected chi connectivity index (χ0v) is 8.83. The lowest BCUT2D eigenvalue weighted by Crippen LogP contribution is -2.08. The number of hydrogen-bond acceptors (Lipinski definition) is 3. The van der Waals surface area contributed by atoms with Gasteiger partial charge in [-0.3, -0.25) is 0 Å². The van der Waals surface area contributed by atoms with E-state index in [0.29, 0.717) is 43.1 Å². The summed E-state index contributed by atoms with van der Waals surface area (Å²) in [6, 6.07) is 2.88. The van der Waals surface area contributed by atoms with E-state index in [0.717, 1.165) is 6.42 Å². The summed E-state index contributed by atoms with van der Waals surface area (Å²) in [6.45, 7) is 1.10. The molecule has 1 fully saturated rings. The van der Waals surface area contributed by atoms with E-state index in [1.807, 2.05) is 0 Å². The van der Waals surface area contributed by atoms with E-state index in [4.69, 9.17) is 9.47 Å². The second-order valence-corrected chi connectivity index (χ2v) is 4.36. The number of aliphatic hydroxyl groups is 1. The summed E-state index contributed by atoms with van der Waals surface area (Å²) >= 11 is 0. The molecule has 1 N–H and O–H groups in total. The second-order valence-electron chi connectivity index (χ2n) is 4.36. The average Bonchev–Trinajstić information content (AvgIpc) is 3.01. The number of rotatable bonds is 1. The molecule has 3 nitrogen and oxygen atoms in total. The Morgan fingerprint density at radius 1 is 1.12 bits per heavy atom. The van der Waals surface area contributed by atoms with Crippen LogP contribution in [-0.4, -0.2) is 18.3 Å². The zero-order chi connectivity index (χ0) is 11.2. The molecule has 4 heteroatoms. The van der Waals surface area contributed by atoms with Crippen LogP contribution in [0.15, 0.2) is 12.1 Å². The molecular formula is C12H13FO3. The Kier molecular flexibility index (Phi) is 2.07. The number of fused-ring (bicyclic) bond motifs is 1. The summed E-state index contributed by atoms with van der Waals surface area (Å²) in [7, 11) is 0. The second kappa shape index (κ2) is 3.35. The number of ether oxygens (including phenoxy) is 2. The first-order valence-corrected chi connectivity index (χ1v) is 5.51. The smallest absolute Gasteiger partial charge is 0.164 e. The molecule has 1 aromatic rings. The quantitative estimate of drug-likeness (QED) is 0.792. The molecule has 1 aromatic carbocycles. The first kappa shape index (κ1) is 9.90. The van der Waals surface area contributed by atoms with Gasteiger partial charge in [-0.25, -0.2) is 4.39 Å². The highest BCUT2D eigenvalue weighted by atomic mass is 19.1. The molecule has 0 unspecified atom stereocenters. The van der Waals surface area contributed by atoms with E-state index in [9.17, 15) is 9.50 Å². The van der Waals surface area contributed by atoms with Crippen molar-refractivity contribution in [1.29, 1.82) is 0 Å². The summed E-state index contributed by atoms with van der Waals surface area (Å²) in [4.78, 5) is 0. The number of hydrogen-bond donors (Lipinski definition) is 1. The van der Waals surface area contributed by atoms with Gasteiger partial charge >= 0.3 is 0 Å². The van der Waals surface area contributed by atoms with Crippen molar-refractivity contribution < 1.29 is 19.0 Å². The Balaban J connectivity index is 2.05. The fourth-order valence-electron chi connectivity index (χ4n) is 1.93. The normalized spacial score (nSPS) is 21.4. The Bertz CT molecular complexity index is 427. The van der Waals surface area contributed by atoms with Gasteiger partial charge in [-0.05, 0) is 18.9 Å². The summed E-state index contributed by atoms with van der Waals surface area (Å²) in [5.74, 6) is 0.557. The van der Waals surface area contributed by atoms with Gasteiger partial charge in [0.1, 0.15) is 5.82 Å². The molecule has 0 aromatic heterocycles. The van der Waals surface area contributed by atoms with E-state index in [-0.39, 0.29) is 0 Å². The third kappa shape index (κ3) is 1.53. The van der Waals surface area contributed by atoms with E-state index in [2.05, 4.69) is 0 Å². The lowest BCUT2D eigenvalue weighted by molar-refractivity contribution is 0.146. The number of benzene rings is 1. The first-order chi connectivity index (χ1) is 7.69. The van der Waals surface area contributed by atoms with Gasteiger partial charge in [0.05, 0.1) is 18.8 Å². The molecule has 1 saturated carbocycles. The lowest BCUT2D eigenvalue weighted by Gasteiger charge is -2.13. The molecule has 0 bridgehead atoms. The minimum Gasteiger partial charge on any atom is -0.490 e. The SMILES string of the molecule is OC1(c2cc3c(cc2F)OCCCO3)CC1. The topological polar surface area (TPSA) is 38.7 Å². The molecule has 0 saturated heterocycles. The predicted molar refractivity (Wildman–Crippen MR) is 55.1 cm³/mol. The average molecular weight is 224 g/mol. The Morgan fingerprint density at radius 2 is 1.75 bits per heavy atom. The molecule has 1 heterocycles. The van der Waals surface area contributed by atoms with Crippen LogP contribution in [-0.2, 0) is 5.60 Å². The van der Waals surface area contributed by atoms with Crippen molar-refractivity contribution in [2.24, 2.45) is 0 Å². The molecule has 1 aliphatic heterocycles. The lowest BCUT2D eigenvalue weighted by atomic mass is 10.1. The fraction of sp³-hybridized carbons (Fsp3) is 0.500. The van der Waals surface area contributed by atoms with Crippen molar-refractivity contribution in [3.63, 3.8) is 0 Å². The molecule has 16 heavy (non-hydrogen) atoms. The van der Waals surface area contributed by atoms with Crippen LogP contribution >= 0.6 is 0 Å². The molecule has 0 amide bonds.